The predicted octanol–water partition coefficient (Wildman–Crippen LogP) is 0.931. The minimum absolute atomic E-state index is 0.0127. The topological polar surface area (TPSA) is 178 Å². The van der Waals surface area contributed by atoms with Gasteiger partial charge in [0.1, 0.15) is 18.9 Å². The molecule has 16 heteroatoms. The number of methoxy groups -OCH3 is 1. The van der Waals surface area contributed by atoms with Crippen molar-refractivity contribution in [3.05, 3.63) is 22.3 Å². The summed E-state index contributed by atoms with van der Waals surface area (Å²) in [5.41, 5.74) is 5.81. The van der Waals surface area contributed by atoms with Gasteiger partial charge in [0.05, 0.1) is 13.2 Å². The number of oxime groups is 1. The summed E-state index contributed by atoms with van der Waals surface area (Å²) in [5, 5.41) is 7.08. The van der Waals surface area contributed by atoms with Crippen LogP contribution in [0, 0.1) is 0 Å². The second kappa shape index (κ2) is 11.9. The molecular weight excluding hydrogens is 530 g/mol. The number of amides is 2. The normalized spacial score (nSPS) is 23.2. The van der Waals surface area contributed by atoms with Gasteiger partial charge in [-0.2, -0.15) is 4.79 Å². The number of carbonyl (C=O) groups excluding carboxylic acids is 4. The molecule has 3 atom stereocenters. The fourth-order valence-corrected chi connectivity index (χ4v) is 5.76. The fraction of sp³-hybridized carbons (Fsp3) is 0.524. The molecule has 0 aromatic carbocycles. The summed E-state index contributed by atoms with van der Waals surface area (Å²) in [6.07, 6.45) is -1.72. The number of ether oxygens (including phenoxy) is 3. The molecule has 0 aliphatic carbocycles. The van der Waals surface area contributed by atoms with Crippen LogP contribution in [0.5, 0.6) is 0 Å². The van der Waals surface area contributed by atoms with E-state index in [1.165, 1.54) is 31.4 Å². The molecule has 2 amide bonds. The minimum Gasteiger partial charge on any atom is -0.458 e. The van der Waals surface area contributed by atoms with E-state index in [-0.39, 0.29) is 41.2 Å². The molecule has 2 aliphatic heterocycles. The SMILES string of the molecule is CCOC(=O)C1=C(COC)CS[C@@H]2[C@H](NC(=O)/C(=N\OC)c3csc(N)n3)C(=O)[N+]12OC(=O)OC(C)C. The molecule has 0 saturated carbocycles. The summed E-state index contributed by atoms with van der Waals surface area (Å²) in [4.78, 5) is 66.7. The molecule has 3 rings (SSSR count). The lowest BCUT2D eigenvalue weighted by Gasteiger charge is -2.50. The van der Waals surface area contributed by atoms with E-state index in [1.54, 1.807) is 20.8 Å². The van der Waals surface area contributed by atoms with E-state index in [1.807, 2.05) is 0 Å². The molecule has 14 nitrogen and oxygen atoms in total. The Morgan fingerprint density at radius 1 is 1.32 bits per heavy atom. The van der Waals surface area contributed by atoms with Gasteiger partial charge in [0.2, 0.25) is 11.4 Å². The highest BCUT2D eigenvalue weighted by atomic mass is 32.2. The van der Waals surface area contributed by atoms with Crippen LogP contribution in [0.25, 0.3) is 0 Å². The maximum Gasteiger partial charge on any atom is 0.560 e. The average molecular weight is 559 g/mol. The van der Waals surface area contributed by atoms with Crippen molar-refractivity contribution in [1.82, 2.24) is 10.3 Å². The Morgan fingerprint density at radius 3 is 2.62 bits per heavy atom. The summed E-state index contributed by atoms with van der Waals surface area (Å²) < 4.78 is 14.3. The van der Waals surface area contributed by atoms with Gasteiger partial charge in [0.25, 0.3) is 11.6 Å². The van der Waals surface area contributed by atoms with Gasteiger partial charge < -0.3 is 30.1 Å². The highest BCUT2D eigenvalue weighted by molar-refractivity contribution is 8.00. The van der Waals surface area contributed by atoms with Gasteiger partial charge in [-0.3, -0.25) is 4.79 Å². The number of fused-ring (bicyclic) bond motifs is 1. The molecule has 0 radical (unpaired) electrons. The molecule has 202 valence electrons. The average Bonchev–Trinajstić information content (AvgIpc) is 3.26. The molecule has 3 N–H and O–H groups in total. The minimum atomic E-state index is -1.17. The number of hydrogen-bond acceptors (Lipinski definition) is 14. The zero-order valence-corrected chi connectivity index (χ0v) is 22.5. The first-order valence-corrected chi connectivity index (χ1v) is 13.0. The van der Waals surface area contributed by atoms with Crippen LogP contribution in [0.2, 0.25) is 0 Å². The van der Waals surface area contributed by atoms with Crippen LogP contribution in [-0.2, 0) is 38.3 Å². The van der Waals surface area contributed by atoms with Crippen LogP contribution in [0.15, 0.2) is 21.8 Å². The molecule has 0 bridgehead atoms. The Morgan fingerprint density at radius 2 is 2.05 bits per heavy atom. The van der Waals surface area contributed by atoms with Crippen LogP contribution in [0.3, 0.4) is 0 Å². The lowest BCUT2D eigenvalue weighted by atomic mass is 10.0. The molecule has 3 heterocycles. The van der Waals surface area contributed by atoms with E-state index in [4.69, 9.17) is 29.6 Å². The summed E-state index contributed by atoms with van der Waals surface area (Å²) >= 11 is 2.29. The Balaban J connectivity index is 2.00. The van der Waals surface area contributed by atoms with Crippen LogP contribution in [-0.4, -0.2) is 90.0 Å². The number of hydrogen-bond donors (Lipinski definition) is 2. The molecule has 1 unspecified atom stereocenters. The van der Waals surface area contributed by atoms with Crippen LogP contribution >= 0.6 is 23.1 Å². The van der Waals surface area contributed by atoms with Crippen molar-refractivity contribution in [3.8, 4) is 0 Å². The molecule has 37 heavy (non-hydrogen) atoms. The number of thiazole rings is 1. The number of β-lactam (4-membered cyclic amide) rings is 1. The monoisotopic (exact) mass is 558 g/mol. The number of hydroxylamine groups is 3. The third-order valence-corrected chi connectivity index (χ3v) is 7.22. The lowest BCUT2D eigenvalue weighted by molar-refractivity contribution is -1.02. The van der Waals surface area contributed by atoms with Gasteiger partial charge in [-0.15, -0.1) is 11.3 Å². The predicted molar refractivity (Wildman–Crippen MR) is 132 cm³/mol. The number of nitrogens with zero attached hydrogens (tertiary/aromatic N) is 3. The number of nitrogens with two attached hydrogens (primary N) is 1. The number of aromatic nitrogens is 1. The Kier molecular flexibility index (Phi) is 9.12. The number of quaternary nitrogens is 1. The summed E-state index contributed by atoms with van der Waals surface area (Å²) in [7, 11) is 2.67. The summed E-state index contributed by atoms with van der Waals surface area (Å²) in [6.45, 7) is 4.80. The van der Waals surface area contributed by atoms with Gasteiger partial charge >= 0.3 is 18.0 Å². The number of nitrogen functional groups attached to an aromatic ring is 1. The molecule has 1 saturated heterocycles. The maximum absolute atomic E-state index is 13.7. The second-order valence-corrected chi connectivity index (χ2v) is 9.95. The van der Waals surface area contributed by atoms with Gasteiger partial charge in [-0.1, -0.05) is 16.9 Å². The van der Waals surface area contributed by atoms with Crippen molar-refractivity contribution < 1.29 is 47.7 Å². The number of carbonyl (C=O) groups is 4. The Bertz CT molecular complexity index is 1140. The molecule has 0 spiro atoms. The summed E-state index contributed by atoms with van der Waals surface area (Å²) in [6, 6.07) is -1.17. The van der Waals surface area contributed by atoms with E-state index in [0.717, 1.165) is 11.3 Å². The number of nitrogens with one attached hydrogen (secondary N) is 1. The van der Waals surface area contributed by atoms with Crippen molar-refractivity contribution >= 4 is 57.9 Å². The first-order chi connectivity index (χ1) is 17.6. The van der Waals surface area contributed by atoms with E-state index in [2.05, 4.69) is 15.5 Å². The van der Waals surface area contributed by atoms with Crippen molar-refractivity contribution in [2.45, 2.75) is 38.3 Å². The first-order valence-electron chi connectivity index (χ1n) is 11.1. The highest BCUT2D eigenvalue weighted by Crippen LogP contribution is 2.49. The number of rotatable bonds is 10. The van der Waals surface area contributed by atoms with Crippen LogP contribution in [0.1, 0.15) is 26.5 Å². The standard InChI is InChI=1S/C21H27N5O9S2/c1-6-33-19(29)15-11(7-31-4)8-36-18-14(17(28)26(15,18)35-21(30)34-10(2)3)24-16(27)13(25-32-5)12-9-37-20(22)23-12/h9-10,14,18H,6-8H2,1-5H3,(H2-,22,23,24,27)/p+1/b25-13-/t14-,18-,26?/m1/s1. The van der Waals surface area contributed by atoms with Crippen molar-refractivity contribution in [2.24, 2.45) is 5.16 Å². The van der Waals surface area contributed by atoms with Crippen molar-refractivity contribution in [2.75, 3.05) is 38.9 Å². The van der Waals surface area contributed by atoms with Gasteiger partial charge in [-0.25, -0.2) is 19.4 Å². The quantitative estimate of drug-likeness (QED) is 0.137. The third kappa shape index (κ3) is 5.56. The number of anilines is 1. The van der Waals surface area contributed by atoms with E-state index >= 15 is 0 Å². The Labute approximate surface area is 220 Å². The molecular formula is C21H28N5O9S2+. The molecule has 2 aliphatic rings. The first kappa shape index (κ1) is 28.4. The van der Waals surface area contributed by atoms with Gasteiger partial charge in [0, 0.05) is 23.8 Å². The molecule has 1 aromatic rings. The summed E-state index contributed by atoms with van der Waals surface area (Å²) in [5.74, 6) is -2.18. The van der Waals surface area contributed by atoms with E-state index in [9.17, 15) is 19.2 Å². The van der Waals surface area contributed by atoms with Crippen LogP contribution in [0.4, 0.5) is 9.93 Å². The zero-order valence-electron chi connectivity index (χ0n) is 20.8. The van der Waals surface area contributed by atoms with Gasteiger partial charge in [0.15, 0.2) is 10.8 Å². The second-order valence-electron chi connectivity index (χ2n) is 7.96. The zero-order chi connectivity index (χ0) is 27.3. The van der Waals surface area contributed by atoms with Crippen LogP contribution < -0.4 is 11.1 Å². The number of thioether (sulfide) groups is 1. The van der Waals surface area contributed by atoms with E-state index in [0.29, 0.717) is 5.57 Å². The van der Waals surface area contributed by atoms with Gasteiger partial charge in [-0.05, 0) is 25.4 Å². The highest BCUT2D eigenvalue weighted by Gasteiger charge is 2.75. The smallest absolute Gasteiger partial charge is 0.458 e. The van der Waals surface area contributed by atoms with E-state index < -0.39 is 46.1 Å². The maximum atomic E-state index is 13.7. The lowest BCUT2D eigenvalue weighted by Crippen LogP contribution is -2.81. The van der Waals surface area contributed by atoms with Crippen molar-refractivity contribution in [1.29, 1.82) is 0 Å². The molecule has 1 fully saturated rings. The third-order valence-electron chi connectivity index (χ3n) is 5.12. The largest absolute Gasteiger partial charge is 0.560 e. The Hall–Kier alpha value is -3.21. The van der Waals surface area contributed by atoms with Crippen molar-refractivity contribution in [3.63, 3.8) is 0 Å². The molecule has 1 aromatic heterocycles. The fourth-order valence-electron chi connectivity index (χ4n) is 3.78. The number of esters is 1.